The molecule has 1 aromatic carbocycles. The van der Waals surface area contributed by atoms with E-state index in [1.165, 1.54) is 10.4 Å². The molecule has 19 heavy (non-hydrogen) atoms. The quantitative estimate of drug-likeness (QED) is 0.902. The van der Waals surface area contributed by atoms with E-state index in [1.807, 2.05) is 24.3 Å². The standard InChI is InChI=1S/C16H18O2S/c1-10-4-7-14(19-10)15(17)11-5-6-13-12(8-11)16(2,3)9-18-13/h4-8,15,17H,9H2,1-3H3. The number of hydrogen-bond acceptors (Lipinski definition) is 3. The van der Waals surface area contributed by atoms with Crippen LogP contribution in [0.1, 0.15) is 40.8 Å². The van der Waals surface area contributed by atoms with E-state index in [-0.39, 0.29) is 5.41 Å². The Morgan fingerprint density at radius 3 is 2.74 bits per heavy atom. The van der Waals surface area contributed by atoms with Crippen LogP contribution >= 0.6 is 11.3 Å². The highest BCUT2D eigenvalue weighted by Crippen LogP contribution is 2.40. The third-order valence-electron chi connectivity index (χ3n) is 3.67. The zero-order valence-corrected chi connectivity index (χ0v) is 12.3. The lowest BCUT2D eigenvalue weighted by Gasteiger charge is -2.17. The number of fused-ring (bicyclic) bond motifs is 1. The van der Waals surface area contributed by atoms with Crippen LogP contribution in [0.3, 0.4) is 0 Å². The monoisotopic (exact) mass is 274 g/mol. The van der Waals surface area contributed by atoms with Crippen LogP contribution in [-0.2, 0) is 5.41 Å². The molecule has 0 fully saturated rings. The van der Waals surface area contributed by atoms with E-state index in [1.54, 1.807) is 11.3 Å². The lowest BCUT2D eigenvalue weighted by molar-refractivity contribution is 0.224. The first-order chi connectivity index (χ1) is 8.97. The van der Waals surface area contributed by atoms with Gasteiger partial charge in [0.2, 0.25) is 0 Å². The van der Waals surface area contributed by atoms with E-state index in [0.717, 1.165) is 16.2 Å². The van der Waals surface area contributed by atoms with Crippen LogP contribution in [0.4, 0.5) is 0 Å². The average molecular weight is 274 g/mol. The van der Waals surface area contributed by atoms with E-state index >= 15 is 0 Å². The first-order valence-corrected chi connectivity index (χ1v) is 7.31. The summed E-state index contributed by atoms with van der Waals surface area (Å²) in [5, 5.41) is 10.5. The molecular formula is C16H18O2S. The molecule has 0 radical (unpaired) electrons. The Kier molecular flexibility index (Phi) is 2.91. The molecule has 0 saturated carbocycles. The van der Waals surface area contributed by atoms with Crippen molar-refractivity contribution in [2.45, 2.75) is 32.3 Å². The highest BCUT2D eigenvalue weighted by Gasteiger charge is 2.32. The van der Waals surface area contributed by atoms with Crippen LogP contribution in [0, 0.1) is 6.92 Å². The van der Waals surface area contributed by atoms with Gasteiger partial charge in [-0.2, -0.15) is 0 Å². The van der Waals surface area contributed by atoms with Crippen LogP contribution < -0.4 is 4.74 Å². The van der Waals surface area contributed by atoms with E-state index < -0.39 is 6.10 Å². The van der Waals surface area contributed by atoms with Gasteiger partial charge in [0.25, 0.3) is 0 Å². The van der Waals surface area contributed by atoms with E-state index in [4.69, 9.17) is 4.74 Å². The van der Waals surface area contributed by atoms with Crippen molar-refractivity contribution < 1.29 is 9.84 Å². The number of aliphatic hydroxyl groups excluding tert-OH is 1. The molecule has 0 aliphatic carbocycles. The lowest BCUT2D eigenvalue weighted by atomic mass is 9.85. The summed E-state index contributed by atoms with van der Waals surface area (Å²) in [4.78, 5) is 2.22. The smallest absolute Gasteiger partial charge is 0.123 e. The predicted molar refractivity (Wildman–Crippen MR) is 78.1 cm³/mol. The second kappa shape index (κ2) is 4.36. The fourth-order valence-corrected chi connectivity index (χ4v) is 3.36. The molecule has 0 amide bonds. The fourth-order valence-electron chi connectivity index (χ4n) is 2.47. The molecule has 1 aliphatic rings. The summed E-state index contributed by atoms with van der Waals surface area (Å²) in [7, 11) is 0. The van der Waals surface area contributed by atoms with Gasteiger partial charge >= 0.3 is 0 Å². The Labute approximate surface area is 117 Å². The van der Waals surface area contributed by atoms with Gasteiger partial charge in [0.05, 0.1) is 6.61 Å². The minimum Gasteiger partial charge on any atom is -0.492 e. The Bertz CT molecular complexity index is 613. The second-order valence-corrected chi connectivity index (χ2v) is 7.10. The molecule has 1 atom stereocenters. The minimum absolute atomic E-state index is 0.0242. The van der Waals surface area contributed by atoms with Crippen molar-refractivity contribution in [1.82, 2.24) is 0 Å². The molecule has 2 aromatic rings. The third kappa shape index (κ3) is 2.17. The van der Waals surface area contributed by atoms with Gasteiger partial charge in [-0.15, -0.1) is 11.3 Å². The van der Waals surface area contributed by atoms with Crippen molar-refractivity contribution in [1.29, 1.82) is 0 Å². The molecule has 2 nitrogen and oxygen atoms in total. The van der Waals surface area contributed by atoms with Crippen LogP contribution in [0.2, 0.25) is 0 Å². The molecule has 1 unspecified atom stereocenters. The molecule has 100 valence electrons. The van der Waals surface area contributed by atoms with Gasteiger partial charge in [0.1, 0.15) is 11.9 Å². The SMILES string of the molecule is Cc1ccc(C(O)c2ccc3c(c2)C(C)(C)CO3)s1. The van der Waals surface area contributed by atoms with Crippen molar-refractivity contribution in [3.63, 3.8) is 0 Å². The first kappa shape index (κ1) is 12.7. The summed E-state index contributed by atoms with van der Waals surface area (Å²) in [5.41, 5.74) is 2.16. The number of thiophene rings is 1. The summed E-state index contributed by atoms with van der Waals surface area (Å²) in [5.74, 6) is 0.948. The number of ether oxygens (including phenoxy) is 1. The van der Waals surface area contributed by atoms with Crippen molar-refractivity contribution in [2.75, 3.05) is 6.61 Å². The van der Waals surface area contributed by atoms with Gasteiger partial charge in [-0.05, 0) is 36.8 Å². The highest BCUT2D eigenvalue weighted by atomic mass is 32.1. The Morgan fingerprint density at radius 2 is 2.05 bits per heavy atom. The van der Waals surface area contributed by atoms with E-state index in [2.05, 4.69) is 26.8 Å². The summed E-state index contributed by atoms with van der Waals surface area (Å²) < 4.78 is 5.68. The van der Waals surface area contributed by atoms with E-state index in [9.17, 15) is 5.11 Å². The Hall–Kier alpha value is -1.32. The van der Waals surface area contributed by atoms with Gasteiger partial charge in [-0.25, -0.2) is 0 Å². The van der Waals surface area contributed by atoms with Crippen molar-refractivity contribution >= 4 is 11.3 Å². The summed E-state index contributed by atoms with van der Waals surface area (Å²) in [6.45, 7) is 7.11. The maximum absolute atomic E-state index is 10.5. The number of rotatable bonds is 2. The summed E-state index contributed by atoms with van der Waals surface area (Å²) in [6.07, 6.45) is -0.541. The number of benzene rings is 1. The Morgan fingerprint density at radius 1 is 1.26 bits per heavy atom. The molecule has 3 rings (SSSR count). The van der Waals surface area contributed by atoms with Crippen molar-refractivity contribution in [3.8, 4) is 5.75 Å². The predicted octanol–water partition coefficient (Wildman–Crippen LogP) is 3.81. The molecule has 1 aliphatic heterocycles. The number of hydrogen-bond donors (Lipinski definition) is 1. The topological polar surface area (TPSA) is 29.5 Å². The third-order valence-corrected chi connectivity index (χ3v) is 4.72. The van der Waals surface area contributed by atoms with Gasteiger partial charge in [-0.1, -0.05) is 19.9 Å². The molecule has 2 heterocycles. The largest absolute Gasteiger partial charge is 0.492 e. The lowest BCUT2D eigenvalue weighted by Crippen LogP contribution is -2.18. The number of aryl methyl sites for hydroxylation is 1. The molecular weight excluding hydrogens is 256 g/mol. The molecule has 1 aromatic heterocycles. The van der Waals surface area contributed by atoms with Gasteiger partial charge in [-0.3, -0.25) is 0 Å². The molecule has 0 spiro atoms. The fraction of sp³-hybridized carbons (Fsp3) is 0.375. The molecule has 1 N–H and O–H groups in total. The van der Waals surface area contributed by atoms with Gasteiger partial charge < -0.3 is 9.84 Å². The van der Waals surface area contributed by atoms with Crippen molar-refractivity contribution in [2.24, 2.45) is 0 Å². The van der Waals surface area contributed by atoms with Gasteiger partial charge in [0.15, 0.2) is 0 Å². The number of aliphatic hydroxyl groups is 1. The summed E-state index contributed by atoms with van der Waals surface area (Å²) >= 11 is 1.64. The average Bonchev–Trinajstić information content (AvgIpc) is 2.93. The second-order valence-electron chi connectivity index (χ2n) is 5.78. The normalized spacial score (nSPS) is 17.9. The van der Waals surface area contributed by atoms with Gasteiger partial charge in [0, 0.05) is 20.7 Å². The van der Waals surface area contributed by atoms with Crippen LogP contribution in [0.25, 0.3) is 0 Å². The zero-order chi connectivity index (χ0) is 13.6. The molecule has 3 heteroatoms. The molecule has 0 saturated heterocycles. The highest BCUT2D eigenvalue weighted by molar-refractivity contribution is 7.12. The maximum Gasteiger partial charge on any atom is 0.123 e. The summed E-state index contributed by atoms with van der Waals surface area (Å²) in [6, 6.07) is 10.1. The molecule has 0 bridgehead atoms. The van der Waals surface area contributed by atoms with E-state index in [0.29, 0.717) is 6.61 Å². The van der Waals surface area contributed by atoms with Crippen LogP contribution in [0.15, 0.2) is 30.3 Å². The first-order valence-electron chi connectivity index (χ1n) is 6.49. The van der Waals surface area contributed by atoms with Crippen LogP contribution in [-0.4, -0.2) is 11.7 Å². The zero-order valence-electron chi connectivity index (χ0n) is 11.4. The minimum atomic E-state index is -0.541. The maximum atomic E-state index is 10.5. The van der Waals surface area contributed by atoms with Crippen LogP contribution in [0.5, 0.6) is 5.75 Å². The Balaban J connectivity index is 1.99. The van der Waals surface area contributed by atoms with Crippen molar-refractivity contribution in [3.05, 3.63) is 51.2 Å².